The third kappa shape index (κ3) is 3.89. The van der Waals surface area contributed by atoms with Crippen molar-refractivity contribution in [2.45, 2.75) is 45.6 Å². The fourth-order valence-corrected chi connectivity index (χ4v) is 4.17. The van der Waals surface area contributed by atoms with Crippen molar-refractivity contribution in [1.29, 1.82) is 0 Å². The summed E-state index contributed by atoms with van der Waals surface area (Å²) in [5, 5.41) is 0. The number of hydrogen-bond acceptors (Lipinski definition) is 5. The van der Waals surface area contributed by atoms with Crippen LogP contribution in [0.15, 0.2) is 24.3 Å². The molecule has 1 aromatic heterocycles. The van der Waals surface area contributed by atoms with Crippen LogP contribution in [-0.4, -0.2) is 29.0 Å². The summed E-state index contributed by atoms with van der Waals surface area (Å²) >= 11 is 0. The van der Waals surface area contributed by atoms with Gasteiger partial charge in [-0.25, -0.2) is 9.97 Å². The molecule has 0 radical (unpaired) electrons. The lowest BCUT2D eigenvalue weighted by Crippen LogP contribution is -2.37. The fourth-order valence-electron chi connectivity index (χ4n) is 4.17. The Hall–Kier alpha value is -2.63. The van der Waals surface area contributed by atoms with Gasteiger partial charge >= 0.3 is 0 Å². The molecule has 142 valence electrons. The molecule has 6 heteroatoms. The third-order valence-corrected chi connectivity index (χ3v) is 5.50. The molecular formula is C21H26N4O2. The maximum Gasteiger partial charge on any atom is 0.217 e. The van der Waals surface area contributed by atoms with Crippen molar-refractivity contribution in [2.75, 3.05) is 18.0 Å². The van der Waals surface area contributed by atoms with E-state index < -0.39 is 0 Å². The number of amides is 1. The van der Waals surface area contributed by atoms with Crippen molar-refractivity contribution < 1.29 is 9.53 Å². The largest absolute Gasteiger partial charge is 0.487 e. The predicted octanol–water partition coefficient (Wildman–Crippen LogP) is 2.75. The second kappa shape index (κ2) is 7.55. The SMILES string of the molecule is Cc1nc2c(c(N3CCC[C@@H](CCC(N)=O)C3)n1)Cc1ccccc1OC2. The van der Waals surface area contributed by atoms with Crippen molar-refractivity contribution in [3.8, 4) is 5.75 Å². The first-order valence-electron chi connectivity index (χ1n) is 9.70. The summed E-state index contributed by atoms with van der Waals surface area (Å²) in [6, 6.07) is 8.17. The monoisotopic (exact) mass is 366 g/mol. The second-order valence-electron chi connectivity index (χ2n) is 7.55. The molecule has 0 unspecified atom stereocenters. The van der Waals surface area contributed by atoms with Crippen LogP contribution in [0.5, 0.6) is 5.75 Å². The van der Waals surface area contributed by atoms with E-state index in [4.69, 9.17) is 15.5 Å². The van der Waals surface area contributed by atoms with Crippen LogP contribution in [0.2, 0.25) is 0 Å². The van der Waals surface area contributed by atoms with E-state index in [0.29, 0.717) is 18.9 Å². The fraction of sp³-hybridized carbons (Fsp3) is 0.476. The Balaban J connectivity index is 1.64. The first-order chi connectivity index (χ1) is 13.1. The van der Waals surface area contributed by atoms with Gasteiger partial charge in [-0.15, -0.1) is 0 Å². The standard InChI is InChI=1S/C21H26N4O2/c1-14-23-18-13-27-19-7-3-2-6-16(19)11-17(18)21(24-14)25-10-4-5-15(12-25)8-9-20(22)26/h2-3,6-7,15H,4-5,8-13H2,1H3,(H2,22,26)/t15-/m0/s1. The Bertz CT molecular complexity index is 852. The molecule has 1 saturated heterocycles. The predicted molar refractivity (Wildman–Crippen MR) is 104 cm³/mol. The maximum absolute atomic E-state index is 11.2. The number of piperidine rings is 1. The zero-order valence-corrected chi connectivity index (χ0v) is 15.8. The van der Waals surface area contributed by atoms with Crippen LogP contribution in [0.3, 0.4) is 0 Å². The average Bonchev–Trinajstić information content (AvgIpc) is 2.85. The van der Waals surface area contributed by atoms with Crippen LogP contribution in [0.4, 0.5) is 5.82 Å². The van der Waals surface area contributed by atoms with Crippen LogP contribution in [0, 0.1) is 12.8 Å². The number of primary amides is 1. The van der Waals surface area contributed by atoms with E-state index in [0.717, 1.165) is 61.9 Å². The smallest absolute Gasteiger partial charge is 0.217 e. The van der Waals surface area contributed by atoms with Crippen molar-refractivity contribution in [3.63, 3.8) is 0 Å². The number of anilines is 1. The van der Waals surface area contributed by atoms with Gasteiger partial charge in [-0.3, -0.25) is 4.79 Å². The normalized spacial score (nSPS) is 18.9. The lowest BCUT2D eigenvalue weighted by Gasteiger charge is -2.35. The lowest BCUT2D eigenvalue weighted by molar-refractivity contribution is -0.118. The first kappa shape index (κ1) is 17.8. The molecular weight excluding hydrogens is 340 g/mol. The van der Waals surface area contributed by atoms with E-state index in [1.807, 2.05) is 25.1 Å². The number of fused-ring (bicyclic) bond motifs is 2. The number of aromatic nitrogens is 2. The molecule has 27 heavy (non-hydrogen) atoms. The van der Waals surface area contributed by atoms with Gasteiger partial charge in [0.05, 0.1) is 5.69 Å². The van der Waals surface area contributed by atoms with Gasteiger partial charge < -0.3 is 15.4 Å². The number of aryl methyl sites for hydroxylation is 1. The summed E-state index contributed by atoms with van der Waals surface area (Å²) < 4.78 is 6.00. The molecule has 1 aromatic carbocycles. The molecule has 3 heterocycles. The highest BCUT2D eigenvalue weighted by Crippen LogP contribution is 2.34. The zero-order valence-electron chi connectivity index (χ0n) is 15.8. The highest BCUT2D eigenvalue weighted by atomic mass is 16.5. The van der Waals surface area contributed by atoms with Crippen LogP contribution < -0.4 is 15.4 Å². The van der Waals surface area contributed by atoms with Gasteiger partial charge in [0.25, 0.3) is 0 Å². The van der Waals surface area contributed by atoms with E-state index in [-0.39, 0.29) is 5.91 Å². The van der Waals surface area contributed by atoms with E-state index in [9.17, 15) is 4.79 Å². The number of carbonyl (C=O) groups excluding carboxylic acids is 1. The number of benzene rings is 1. The Morgan fingerprint density at radius 2 is 2.19 bits per heavy atom. The highest BCUT2D eigenvalue weighted by Gasteiger charge is 2.27. The minimum absolute atomic E-state index is 0.215. The summed E-state index contributed by atoms with van der Waals surface area (Å²) in [7, 11) is 0. The van der Waals surface area contributed by atoms with E-state index >= 15 is 0 Å². The molecule has 0 spiro atoms. The molecule has 1 atom stereocenters. The molecule has 1 amide bonds. The molecule has 4 rings (SSSR count). The van der Waals surface area contributed by atoms with Gasteiger partial charge in [-0.1, -0.05) is 18.2 Å². The van der Waals surface area contributed by atoms with E-state index in [1.54, 1.807) is 0 Å². The van der Waals surface area contributed by atoms with Gasteiger partial charge in [0.2, 0.25) is 5.91 Å². The molecule has 6 nitrogen and oxygen atoms in total. The number of carbonyl (C=O) groups is 1. The number of hydrogen-bond donors (Lipinski definition) is 1. The van der Waals surface area contributed by atoms with Gasteiger partial charge in [0.1, 0.15) is 24.0 Å². The third-order valence-electron chi connectivity index (χ3n) is 5.50. The Labute approximate surface area is 159 Å². The first-order valence-corrected chi connectivity index (χ1v) is 9.70. The van der Waals surface area contributed by atoms with Crippen LogP contribution in [0.1, 0.15) is 48.3 Å². The van der Waals surface area contributed by atoms with Crippen LogP contribution >= 0.6 is 0 Å². The van der Waals surface area contributed by atoms with Crippen LogP contribution in [-0.2, 0) is 17.8 Å². The summed E-state index contributed by atoms with van der Waals surface area (Å²) in [5.74, 6) is 3.00. The Kier molecular flexibility index (Phi) is 4.97. The number of nitrogens with two attached hydrogens (primary N) is 1. The Morgan fingerprint density at radius 1 is 1.33 bits per heavy atom. The number of nitrogens with zero attached hydrogens (tertiary/aromatic N) is 3. The molecule has 0 aliphatic carbocycles. The second-order valence-corrected chi connectivity index (χ2v) is 7.55. The maximum atomic E-state index is 11.2. The number of rotatable bonds is 4. The highest BCUT2D eigenvalue weighted by molar-refractivity contribution is 5.73. The topological polar surface area (TPSA) is 81.3 Å². The molecule has 0 bridgehead atoms. The minimum atomic E-state index is -0.215. The number of ether oxygens (including phenoxy) is 1. The van der Waals surface area contributed by atoms with Crippen molar-refractivity contribution in [1.82, 2.24) is 9.97 Å². The molecule has 1 fully saturated rings. The van der Waals surface area contributed by atoms with Crippen molar-refractivity contribution in [3.05, 3.63) is 46.9 Å². The Morgan fingerprint density at radius 3 is 3.04 bits per heavy atom. The number of para-hydroxylation sites is 1. The van der Waals surface area contributed by atoms with Crippen molar-refractivity contribution >= 4 is 11.7 Å². The molecule has 2 N–H and O–H groups in total. The molecule has 2 aliphatic rings. The van der Waals surface area contributed by atoms with Gasteiger partial charge in [0, 0.05) is 31.5 Å². The summed E-state index contributed by atoms with van der Waals surface area (Å²) in [4.78, 5) is 23.0. The van der Waals surface area contributed by atoms with Crippen molar-refractivity contribution in [2.24, 2.45) is 11.7 Å². The average molecular weight is 366 g/mol. The van der Waals surface area contributed by atoms with E-state index in [2.05, 4.69) is 16.0 Å². The molecule has 2 aromatic rings. The van der Waals surface area contributed by atoms with Gasteiger partial charge in [-0.2, -0.15) is 0 Å². The van der Waals surface area contributed by atoms with Gasteiger partial charge in [-0.05, 0) is 43.7 Å². The summed E-state index contributed by atoms with van der Waals surface area (Å²) in [6.07, 6.45) is 4.34. The quantitative estimate of drug-likeness (QED) is 0.900. The minimum Gasteiger partial charge on any atom is -0.487 e. The van der Waals surface area contributed by atoms with Gasteiger partial charge in [0.15, 0.2) is 0 Å². The van der Waals surface area contributed by atoms with E-state index in [1.165, 1.54) is 11.1 Å². The van der Waals surface area contributed by atoms with Crippen LogP contribution in [0.25, 0.3) is 0 Å². The summed E-state index contributed by atoms with van der Waals surface area (Å²) in [5.41, 5.74) is 8.66. The summed E-state index contributed by atoms with van der Waals surface area (Å²) in [6.45, 7) is 4.31. The molecule has 2 aliphatic heterocycles. The zero-order chi connectivity index (χ0) is 18.8. The molecule has 0 saturated carbocycles. The lowest BCUT2D eigenvalue weighted by atomic mass is 9.92.